The van der Waals surface area contributed by atoms with E-state index in [1.165, 1.54) is 6.07 Å². The Morgan fingerprint density at radius 2 is 2.07 bits per heavy atom. The number of nitrogens with one attached hydrogen (secondary N) is 1. The van der Waals surface area contributed by atoms with Gasteiger partial charge in [0.1, 0.15) is 11.5 Å². The number of halogens is 1. The van der Waals surface area contributed by atoms with Crippen LogP contribution in [0.2, 0.25) is 0 Å². The van der Waals surface area contributed by atoms with Crippen LogP contribution in [0.5, 0.6) is 0 Å². The first kappa shape index (κ1) is 19.1. The monoisotopic (exact) mass is 394 g/mol. The molecule has 1 N–H and O–H groups in total. The maximum Gasteiger partial charge on any atom is 0.225 e. The first-order chi connectivity index (χ1) is 14.0. The van der Waals surface area contributed by atoms with Gasteiger partial charge in [-0.25, -0.2) is 9.37 Å². The molecule has 2 amide bonds. The Morgan fingerprint density at radius 1 is 1.24 bits per heavy atom. The third-order valence-electron chi connectivity index (χ3n) is 5.28. The normalized spacial score (nSPS) is 17.0. The molecule has 3 aromatic rings. The van der Waals surface area contributed by atoms with Gasteiger partial charge in [0.15, 0.2) is 0 Å². The Hall–Kier alpha value is -3.22. The summed E-state index contributed by atoms with van der Waals surface area (Å²) < 4.78 is 15.9. The minimum absolute atomic E-state index is 0.0481. The number of benzene rings is 1. The average molecular weight is 394 g/mol. The van der Waals surface area contributed by atoms with E-state index in [1.54, 1.807) is 23.1 Å². The van der Waals surface area contributed by atoms with Gasteiger partial charge >= 0.3 is 0 Å². The Bertz CT molecular complexity index is 1060. The number of hydrogen-bond donors (Lipinski definition) is 1. The highest BCUT2D eigenvalue weighted by Gasteiger charge is 2.30. The van der Waals surface area contributed by atoms with Crippen LogP contribution < -0.4 is 5.32 Å². The highest BCUT2D eigenvalue weighted by molar-refractivity contribution is 5.83. The van der Waals surface area contributed by atoms with Gasteiger partial charge in [-0.1, -0.05) is 24.3 Å². The van der Waals surface area contributed by atoms with Gasteiger partial charge in [-0.15, -0.1) is 0 Å². The van der Waals surface area contributed by atoms with Crippen molar-refractivity contribution in [2.75, 3.05) is 6.54 Å². The number of likely N-dealkylation sites (tertiary alicyclic amines) is 1. The second-order valence-electron chi connectivity index (χ2n) is 7.52. The zero-order chi connectivity index (χ0) is 20.4. The van der Waals surface area contributed by atoms with Gasteiger partial charge in [0, 0.05) is 37.5 Å². The number of hydrogen-bond acceptors (Lipinski definition) is 3. The van der Waals surface area contributed by atoms with E-state index in [0.29, 0.717) is 31.5 Å². The van der Waals surface area contributed by atoms with E-state index >= 15 is 0 Å². The summed E-state index contributed by atoms with van der Waals surface area (Å²) in [5, 5.41) is 2.93. The van der Waals surface area contributed by atoms with Crippen LogP contribution in [-0.4, -0.2) is 32.6 Å². The largest absolute Gasteiger partial charge is 0.350 e. The number of amides is 2. The molecule has 0 aliphatic carbocycles. The van der Waals surface area contributed by atoms with Gasteiger partial charge in [0.05, 0.1) is 18.2 Å². The maximum atomic E-state index is 13.9. The number of aryl methyl sites for hydroxylation is 1. The molecule has 0 bridgehead atoms. The number of piperidine rings is 1. The summed E-state index contributed by atoms with van der Waals surface area (Å²) >= 11 is 0. The Balaban J connectivity index is 1.37. The zero-order valence-electron chi connectivity index (χ0n) is 16.3. The molecule has 1 fully saturated rings. The van der Waals surface area contributed by atoms with E-state index in [4.69, 9.17) is 0 Å². The van der Waals surface area contributed by atoms with E-state index in [1.807, 2.05) is 35.9 Å². The van der Waals surface area contributed by atoms with Crippen molar-refractivity contribution >= 4 is 17.5 Å². The van der Waals surface area contributed by atoms with E-state index in [9.17, 15) is 14.0 Å². The van der Waals surface area contributed by atoms with Crippen LogP contribution in [0.15, 0.2) is 48.8 Å². The summed E-state index contributed by atoms with van der Waals surface area (Å²) in [6.45, 7) is 2.82. The van der Waals surface area contributed by atoms with E-state index in [-0.39, 0.29) is 30.1 Å². The van der Waals surface area contributed by atoms with Gasteiger partial charge < -0.3 is 14.6 Å². The second-order valence-corrected chi connectivity index (χ2v) is 7.52. The smallest absolute Gasteiger partial charge is 0.225 e. The average Bonchev–Trinajstić information content (AvgIpc) is 3.11. The number of aromatic nitrogens is 2. The lowest BCUT2D eigenvalue weighted by atomic mass is 9.96. The molecule has 2 aromatic heterocycles. The lowest BCUT2D eigenvalue weighted by Gasteiger charge is -2.32. The molecule has 1 aliphatic rings. The molecule has 4 rings (SSSR count). The highest BCUT2D eigenvalue weighted by Crippen LogP contribution is 2.21. The number of nitrogens with zero attached hydrogens (tertiary/aromatic N) is 3. The van der Waals surface area contributed by atoms with Crippen LogP contribution in [-0.2, 0) is 22.7 Å². The molecule has 7 heteroatoms. The van der Waals surface area contributed by atoms with Crippen molar-refractivity contribution < 1.29 is 14.0 Å². The zero-order valence-corrected chi connectivity index (χ0v) is 16.3. The molecule has 29 heavy (non-hydrogen) atoms. The van der Waals surface area contributed by atoms with Crippen LogP contribution in [0.4, 0.5) is 4.39 Å². The van der Waals surface area contributed by atoms with Gasteiger partial charge in [-0.2, -0.15) is 0 Å². The van der Waals surface area contributed by atoms with Gasteiger partial charge in [-0.05, 0) is 31.0 Å². The minimum atomic E-state index is -0.339. The molecular formula is C22H23FN4O2. The van der Waals surface area contributed by atoms with E-state index in [2.05, 4.69) is 10.3 Å². The molecule has 1 saturated heterocycles. The molecule has 0 unspecified atom stereocenters. The van der Waals surface area contributed by atoms with Crippen molar-refractivity contribution in [1.82, 2.24) is 19.6 Å². The van der Waals surface area contributed by atoms with Crippen molar-refractivity contribution in [3.05, 3.63) is 71.4 Å². The standard InChI is InChI=1S/C22H23FN4O2/c1-15-6-8-20-25-18(14-26(20)11-15)10-24-22(29)17-7-9-21(28)27(13-17)12-16-4-2-3-5-19(16)23/h2-6,8,11,14,17H,7,9-10,12-13H2,1H3,(H,24,29)/t17-/m0/s1. The Kier molecular flexibility index (Phi) is 5.29. The van der Waals surface area contributed by atoms with Gasteiger partial charge in [-0.3, -0.25) is 9.59 Å². The molecule has 1 atom stereocenters. The topological polar surface area (TPSA) is 66.7 Å². The van der Waals surface area contributed by atoms with Crippen molar-refractivity contribution in [2.45, 2.75) is 32.9 Å². The van der Waals surface area contributed by atoms with Crippen molar-refractivity contribution in [3.63, 3.8) is 0 Å². The highest BCUT2D eigenvalue weighted by atomic mass is 19.1. The SMILES string of the molecule is Cc1ccc2nc(CNC(=O)[C@H]3CCC(=O)N(Cc4ccccc4F)C3)cn2c1. The van der Waals surface area contributed by atoms with E-state index in [0.717, 1.165) is 16.9 Å². The summed E-state index contributed by atoms with van der Waals surface area (Å²) in [5.74, 6) is -0.801. The number of pyridine rings is 1. The fraction of sp³-hybridized carbons (Fsp3) is 0.318. The fourth-order valence-electron chi connectivity index (χ4n) is 3.68. The number of fused-ring (bicyclic) bond motifs is 1. The van der Waals surface area contributed by atoms with Crippen LogP contribution in [0.1, 0.15) is 29.7 Å². The van der Waals surface area contributed by atoms with Crippen LogP contribution >= 0.6 is 0 Å². The summed E-state index contributed by atoms with van der Waals surface area (Å²) in [6.07, 6.45) is 4.68. The molecule has 6 nitrogen and oxygen atoms in total. The maximum absolute atomic E-state index is 13.9. The number of carbonyl (C=O) groups is 2. The van der Waals surface area contributed by atoms with Gasteiger partial charge in [0.25, 0.3) is 0 Å². The van der Waals surface area contributed by atoms with Crippen LogP contribution in [0.25, 0.3) is 5.65 Å². The molecule has 150 valence electrons. The third-order valence-corrected chi connectivity index (χ3v) is 5.28. The van der Waals surface area contributed by atoms with Crippen molar-refractivity contribution in [1.29, 1.82) is 0 Å². The quantitative estimate of drug-likeness (QED) is 0.724. The molecule has 1 aromatic carbocycles. The first-order valence-electron chi connectivity index (χ1n) is 9.73. The summed E-state index contributed by atoms with van der Waals surface area (Å²) in [4.78, 5) is 31.0. The van der Waals surface area contributed by atoms with Crippen LogP contribution in [0, 0.1) is 18.7 Å². The number of carbonyl (C=O) groups excluding carboxylic acids is 2. The second kappa shape index (κ2) is 8.03. The molecule has 3 heterocycles. The molecule has 0 spiro atoms. The molecule has 0 saturated carbocycles. The Labute approximate surface area is 168 Å². The predicted octanol–water partition coefficient (Wildman–Crippen LogP) is 2.84. The minimum Gasteiger partial charge on any atom is -0.350 e. The number of imidazole rings is 1. The van der Waals surface area contributed by atoms with Crippen molar-refractivity contribution in [2.24, 2.45) is 5.92 Å². The van der Waals surface area contributed by atoms with E-state index < -0.39 is 0 Å². The van der Waals surface area contributed by atoms with Crippen LogP contribution in [0.3, 0.4) is 0 Å². The third kappa shape index (κ3) is 4.29. The van der Waals surface area contributed by atoms with Crippen molar-refractivity contribution in [3.8, 4) is 0 Å². The molecule has 0 radical (unpaired) electrons. The first-order valence-corrected chi connectivity index (χ1v) is 9.73. The summed E-state index contributed by atoms with van der Waals surface area (Å²) in [5.41, 5.74) is 3.20. The summed E-state index contributed by atoms with van der Waals surface area (Å²) in [6, 6.07) is 10.3. The lowest BCUT2D eigenvalue weighted by molar-refractivity contribution is -0.139. The predicted molar refractivity (Wildman–Crippen MR) is 106 cm³/mol. The van der Waals surface area contributed by atoms with Gasteiger partial charge in [0.2, 0.25) is 11.8 Å². The summed E-state index contributed by atoms with van der Waals surface area (Å²) in [7, 11) is 0. The Morgan fingerprint density at radius 3 is 2.90 bits per heavy atom. The molecular weight excluding hydrogens is 371 g/mol. The fourth-order valence-corrected chi connectivity index (χ4v) is 3.68. The lowest BCUT2D eigenvalue weighted by Crippen LogP contribution is -2.45. The number of rotatable bonds is 5. The molecule has 1 aliphatic heterocycles.